The maximum absolute atomic E-state index is 12.9. The number of hydrogen-bond donors (Lipinski definition) is 2. The molecule has 0 unspecified atom stereocenters. The molecule has 0 amide bonds. The van der Waals surface area contributed by atoms with Crippen LogP contribution in [-0.4, -0.2) is 47.6 Å². The van der Waals surface area contributed by atoms with Crippen LogP contribution in [0.5, 0.6) is 5.75 Å². The first-order chi connectivity index (χ1) is 17.2. The zero-order valence-corrected chi connectivity index (χ0v) is 19.6. The van der Waals surface area contributed by atoms with Gasteiger partial charge >= 0.3 is 11.6 Å². The first-order valence-electron chi connectivity index (χ1n) is 10.7. The third kappa shape index (κ3) is 4.88. The lowest BCUT2D eigenvalue weighted by Crippen LogP contribution is -2.38. The molecule has 188 valence electrons. The summed E-state index contributed by atoms with van der Waals surface area (Å²) in [5.41, 5.74) is 2.69. The normalized spacial score (nSPS) is 12.3. The van der Waals surface area contributed by atoms with E-state index in [4.69, 9.17) is 9.15 Å². The molecule has 4 aromatic rings. The van der Waals surface area contributed by atoms with Crippen molar-refractivity contribution in [3.63, 3.8) is 0 Å². The number of aliphatic hydroxyl groups excluding tert-OH is 1. The van der Waals surface area contributed by atoms with Crippen molar-refractivity contribution in [3.8, 4) is 5.75 Å². The second-order valence-corrected chi connectivity index (χ2v) is 8.00. The largest absolute Gasteiger partial charge is 0.491 e. The van der Waals surface area contributed by atoms with Crippen LogP contribution >= 0.6 is 0 Å². The number of ether oxygens (including phenoxy) is 1. The maximum Gasteiger partial charge on any atom is 0.433 e. The highest BCUT2D eigenvalue weighted by atomic mass is 16.6. The van der Waals surface area contributed by atoms with E-state index in [-0.39, 0.29) is 36.0 Å². The van der Waals surface area contributed by atoms with E-state index in [2.05, 4.69) is 15.5 Å². The average Bonchev–Trinajstić information content (AvgIpc) is 3.47. The van der Waals surface area contributed by atoms with Gasteiger partial charge in [0, 0.05) is 14.1 Å². The number of furan rings is 1. The minimum atomic E-state index is -1.05. The number of aromatic nitrogens is 4. The fourth-order valence-corrected chi connectivity index (χ4v) is 3.46. The van der Waals surface area contributed by atoms with Crippen molar-refractivity contribution in [2.24, 2.45) is 19.2 Å². The summed E-state index contributed by atoms with van der Waals surface area (Å²) >= 11 is 0. The number of anilines is 1. The second kappa shape index (κ2) is 9.87. The Hall–Kier alpha value is -4.72. The number of imidazole rings is 1. The van der Waals surface area contributed by atoms with E-state index >= 15 is 0 Å². The molecule has 0 fully saturated rings. The fraction of sp³-hybridized carbons (Fsp3) is 0.273. The molecule has 14 heteroatoms. The Morgan fingerprint density at radius 3 is 2.61 bits per heavy atom. The van der Waals surface area contributed by atoms with Crippen LogP contribution in [0, 0.1) is 17.0 Å². The zero-order chi connectivity index (χ0) is 26.0. The Bertz CT molecular complexity index is 1560. The van der Waals surface area contributed by atoms with E-state index in [9.17, 15) is 24.8 Å². The van der Waals surface area contributed by atoms with Crippen molar-refractivity contribution in [2.45, 2.75) is 19.6 Å². The number of aliphatic hydroxyl groups is 1. The van der Waals surface area contributed by atoms with E-state index in [0.717, 1.165) is 10.1 Å². The van der Waals surface area contributed by atoms with E-state index in [1.165, 1.54) is 41.6 Å². The van der Waals surface area contributed by atoms with Crippen LogP contribution in [0.15, 0.2) is 55.5 Å². The molecular weight excluding hydrogens is 474 g/mol. The highest BCUT2D eigenvalue weighted by Gasteiger charge is 2.21. The lowest BCUT2D eigenvalue weighted by molar-refractivity contribution is -0.402. The molecule has 1 aromatic carbocycles. The number of nitro groups is 1. The van der Waals surface area contributed by atoms with Gasteiger partial charge in [0.25, 0.3) is 5.56 Å². The smallest absolute Gasteiger partial charge is 0.433 e. The molecule has 0 aliphatic heterocycles. The van der Waals surface area contributed by atoms with Crippen LogP contribution in [0.1, 0.15) is 11.3 Å². The summed E-state index contributed by atoms with van der Waals surface area (Å²) in [5, 5.41) is 25.4. The van der Waals surface area contributed by atoms with Gasteiger partial charge in [-0.25, -0.2) is 10.2 Å². The molecule has 1 atom stereocenters. The number of hydrazone groups is 1. The van der Waals surface area contributed by atoms with Gasteiger partial charge in [0.2, 0.25) is 5.95 Å². The molecule has 0 radical (unpaired) electrons. The van der Waals surface area contributed by atoms with Gasteiger partial charge in [-0.05, 0) is 25.1 Å². The van der Waals surface area contributed by atoms with Gasteiger partial charge in [-0.3, -0.25) is 24.0 Å². The van der Waals surface area contributed by atoms with Crippen LogP contribution in [0.2, 0.25) is 0 Å². The van der Waals surface area contributed by atoms with Crippen molar-refractivity contribution in [3.05, 3.63) is 78.7 Å². The van der Waals surface area contributed by atoms with Gasteiger partial charge in [0.1, 0.15) is 23.4 Å². The molecular formula is C22H23N7O7. The van der Waals surface area contributed by atoms with Crippen LogP contribution in [0.3, 0.4) is 0 Å². The van der Waals surface area contributed by atoms with Gasteiger partial charge in [-0.15, -0.1) is 0 Å². The minimum Gasteiger partial charge on any atom is -0.491 e. The molecule has 36 heavy (non-hydrogen) atoms. The summed E-state index contributed by atoms with van der Waals surface area (Å²) in [5.74, 6) is 0.282. The summed E-state index contributed by atoms with van der Waals surface area (Å²) in [6.45, 7) is 1.76. The summed E-state index contributed by atoms with van der Waals surface area (Å²) < 4.78 is 14.2. The van der Waals surface area contributed by atoms with Crippen molar-refractivity contribution >= 4 is 29.2 Å². The lowest BCUT2D eigenvalue weighted by Gasteiger charge is -2.15. The summed E-state index contributed by atoms with van der Waals surface area (Å²) in [4.78, 5) is 39.7. The Kier molecular flexibility index (Phi) is 6.69. The SMILES string of the molecule is Cc1ccc(OC[C@H](O)Cn2c(N/N=C\c3ccc([N+](=O)[O-])o3)nc3c2c(=O)n(C)c(=O)n3C)cc1. The topological polar surface area (TPSA) is 172 Å². The predicted octanol–water partition coefficient (Wildman–Crippen LogP) is 1.13. The van der Waals surface area contributed by atoms with E-state index in [1.807, 2.05) is 19.1 Å². The van der Waals surface area contributed by atoms with Gasteiger partial charge < -0.3 is 18.8 Å². The number of benzene rings is 1. The quantitative estimate of drug-likeness (QED) is 0.195. The van der Waals surface area contributed by atoms with Crippen molar-refractivity contribution in [1.82, 2.24) is 18.7 Å². The zero-order valence-electron chi connectivity index (χ0n) is 19.6. The van der Waals surface area contributed by atoms with E-state index < -0.39 is 28.2 Å². The third-order valence-electron chi connectivity index (χ3n) is 5.35. The highest BCUT2D eigenvalue weighted by molar-refractivity contribution is 5.78. The molecule has 0 aliphatic carbocycles. The highest BCUT2D eigenvalue weighted by Crippen LogP contribution is 2.18. The van der Waals surface area contributed by atoms with Gasteiger partial charge in [0.05, 0.1) is 18.8 Å². The third-order valence-corrected chi connectivity index (χ3v) is 5.35. The molecule has 2 N–H and O–H groups in total. The molecule has 4 rings (SSSR count). The Balaban J connectivity index is 1.64. The van der Waals surface area contributed by atoms with Gasteiger partial charge in [0.15, 0.2) is 16.9 Å². The predicted molar refractivity (Wildman–Crippen MR) is 129 cm³/mol. The Labute approximate surface area is 202 Å². The molecule has 0 spiro atoms. The van der Waals surface area contributed by atoms with E-state index in [0.29, 0.717) is 5.75 Å². The monoisotopic (exact) mass is 497 g/mol. The van der Waals surface area contributed by atoms with Gasteiger partial charge in [-0.2, -0.15) is 10.1 Å². The number of rotatable bonds is 9. The van der Waals surface area contributed by atoms with Crippen LogP contribution < -0.4 is 21.4 Å². The van der Waals surface area contributed by atoms with Crippen LogP contribution in [-0.2, 0) is 20.6 Å². The first-order valence-corrected chi connectivity index (χ1v) is 10.7. The molecule has 0 bridgehead atoms. The van der Waals surface area contributed by atoms with Crippen LogP contribution in [0.25, 0.3) is 11.2 Å². The van der Waals surface area contributed by atoms with Crippen molar-refractivity contribution < 1.29 is 19.2 Å². The van der Waals surface area contributed by atoms with Crippen molar-refractivity contribution in [2.75, 3.05) is 12.0 Å². The molecule has 0 saturated heterocycles. The number of aryl methyl sites for hydroxylation is 2. The molecule has 3 aromatic heterocycles. The first kappa shape index (κ1) is 24.4. The standard InChI is InChI=1S/C22H23N7O7/c1-13-4-6-15(7-5-13)35-12-14(30)11-28-18-19(26(2)22(32)27(3)20(18)31)24-21(28)25-23-10-16-8-9-17(36-16)29(33)34/h4-10,14,30H,11-12H2,1-3H3,(H,24,25)/b23-10-/t14-/m1/s1. The second-order valence-electron chi connectivity index (χ2n) is 8.00. The minimum absolute atomic E-state index is 0.0509. The number of nitrogens with one attached hydrogen (secondary N) is 1. The van der Waals surface area contributed by atoms with Crippen LogP contribution in [0.4, 0.5) is 11.8 Å². The summed E-state index contributed by atoms with van der Waals surface area (Å²) in [6.07, 6.45) is 0.132. The number of fused-ring (bicyclic) bond motifs is 1. The Morgan fingerprint density at radius 1 is 1.22 bits per heavy atom. The van der Waals surface area contributed by atoms with E-state index in [1.54, 1.807) is 12.1 Å². The Morgan fingerprint density at radius 2 is 1.94 bits per heavy atom. The molecule has 14 nitrogen and oxygen atoms in total. The van der Waals surface area contributed by atoms with Crippen molar-refractivity contribution in [1.29, 1.82) is 0 Å². The summed E-state index contributed by atoms with van der Waals surface area (Å²) in [7, 11) is 2.81. The molecule has 3 heterocycles. The fourth-order valence-electron chi connectivity index (χ4n) is 3.46. The number of hydrogen-bond acceptors (Lipinski definition) is 10. The number of nitrogens with zero attached hydrogens (tertiary/aromatic N) is 6. The molecule has 0 aliphatic rings. The maximum atomic E-state index is 12.9. The molecule has 0 saturated carbocycles. The lowest BCUT2D eigenvalue weighted by atomic mass is 10.2. The average molecular weight is 497 g/mol. The summed E-state index contributed by atoms with van der Waals surface area (Å²) in [6, 6.07) is 9.85. The van der Waals surface area contributed by atoms with Gasteiger partial charge in [-0.1, -0.05) is 17.7 Å².